The molecule has 1 aromatic rings. The Kier molecular flexibility index (Phi) is 6.39. The maximum Gasteiger partial charge on any atom is 0.221 e. The Labute approximate surface area is 109 Å². The van der Waals surface area contributed by atoms with E-state index in [0.717, 1.165) is 17.5 Å². The van der Waals surface area contributed by atoms with Gasteiger partial charge in [0.05, 0.1) is 6.61 Å². The van der Waals surface area contributed by atoms with Gasteiger partial charge < -0.3 is 15.8 Å². The zero-order valence-corrected chi connectivity index (χ0v) is 11.1. The second-order valence-corrected chi connectivity index (χ2v) is 4.40. The highest BCUT2D eigenvalue weighted by molar-refractivity contribution is 5.76. The number of rotatable bonds is 7. The third kappa shape index (κ3) is 5.29. The molecule has 0 aliphatic carbocycles. The van der Waals surface area contributed by atoms with Crippen molar-refractivity contribution in [2.75, 3.05) is 7.11 Å². The van der Waals surface area contributed by atoms with Crippen LogP contribution in [-0.2, 0) is 22.7 Å². The van der Waals surface area contributed by atoms with Crippen molar-refractivity contribution < 1.29 is 9.53 Å². The Morgan fingerprint density at radius 3 is 2.83 bits per heavy atom. The van der Waals surface area contributed by atoms with Gasteiger partial charge in [0.15, 0.2) is 0 Å². The van der Waals surface area contributed by atoms with Gasteiger partial charge in [-0.05, 0) is 17.5 Å². The summed E-state index contributed by atoms with van der Waals surface area (Å²) >= 11 is 0. The highest BCUT2D eigenvalue weighted by atomic mass is 16.5. The van der Waals surface area contributed by atoms with Crippen LogP contribution >= 0.6 is 0 Å². The number of amides is 1. The van der Waals surface area contributed by atoms with Gasteiger partial charge >= 0.3 is 0 Å². The first-order valence-corrected chi connectivity index (χ1v) is 6.24. The molecule has 4 nitrogen and oxygen atoms in total. The zero-order valence-electron chi connectivity index (χ0n) is 11.1. The molecule has 0 spiro atoms. The van der Waals surface area contributed by atoms with E-state index in [9.17, 15) is 4.79 Å². The van der Waals surface area contributed by atoms with E-state index in [1.807, 2.05) is 31.2 Å². The molecule has 0 saturated carbocycles. The van der Waals surface area contributed by atoms with Crippen LogP contribution in [0.4, 0.5) is 0 Å². The first-order valence-electron chi connectivity index (χ1n) is 6.24. The lowest BCUT2D eigenvalue weighted by Crippen LogP contribution is -2.30. The minimum atomic E-state index is -0.0511. The molecule has 1 aromatic carbocycles. The van der Waals surface area contributed by atoms with Crippen molar-refractivity contribution in [2.45, 2.75) is 39.0 Å². The van der Waals surface area contributed by atoms with Crippen molar-refractivity contribution in [3.63, 3.8) is 0 Å². The molecule has 0 saturated heterocycles. The molecule has 4 heteroatoms. The molecule has 1 rings (SSSR count). The van der Waals surface area contributed by atoms with Gasteiger partial charge in [-0.15, -0.1) is 0 Å². The second kappa shape index (κ2) is 7.84. The summed E-state index contributed by atoms with van der Waals surface area (Å²) in [5.74, 6) is 0.00138. The second-order valence-electron chi connectivity index (χ2n) is 4.40. The molecule has 1 unspecified atom stereocenters. The largest absolute Gasteiger partial charge is 0.380 e. The Morgan fingerprint density at radius 2 is 2.17 bits per heavy atom. The Morgan fingerprint density at radius 1 is 1.44 bits per heavy atom. The summed E-state index contributed by atoms with van der Waals surface area (Å²) in [5, 5.41) is 2.87. The van der Waals surface area contributed by atoms with Crippen LogP contribution in [0.15, 0.2) is 24.3 Å². The van der Waals surface area contributed by atoms with Gasteiger partial charge in [-0.3, -0.25) is 4.79 Å². The quantitative estimate of drug-likeness (QED) is 0.772. The molecule has 0 radical (unpaired) electrons. The maximum absolute atomic E-state index is 11.6. The molecular weight excluding hydrogens is 228 g/mol. The molecule has 0 heterocycles. The fourth-order valence-corrected chi connectivity index (χ4v) is 1.65. The minimum Gasteiger partial charge on any atom is -0.380 e. The van der Waals surface area contributed by atoms with Crippen molar-refractivity contribution in [3.05, 3.63) is 35.4 Å². The predicted octanol–water partition coefficient (Wildman–Crippen LogP) is 1.58. The molecule has 0 aliphatic heterocycles. The number of hydrogen-bond acceptors (Lipinski definition) is 3. The predicted molar refractivity (Wildman–Crippen MR) is 71.9 cm³/mol. The molecule has 100 valence electrons. The molecule has 0 fully saturated rings. The number of benzene rings is 1. The van der Waals surface area contributed by atoms with Gasteiger partial charge in [0.25, 0.3) is 0 Å². The summed E-state index contributed by atoms with van der Waals surface area (Å²) < 4.78 is 5.07. The van der Waals surface area contributed by atoms with Crippen LogP contribution in [0.5, 0.6) is 0 Å². The molecule has 0 bridgehead atoms. The van der Waals surface area contributed by atoms with Crippen LogP contribution in [0.25, 0.3) is 0 Å². The number of methoxy groups -OCH3 is 1. The number of hydrogen-bond donors (Lipinski definition) is 2. The summed E-state index contributed by atoms with van der Waals surface area (Å²) in [4.78, 5) is 11.6. The van der Waals surface area contributed by atoms with E-state index in [-0.39, 0.29) is 11.9 Å². The van der Waals surface area contributed by atoms with E-state index >= 15 is 0 Å². The third-order valence-corrected chi connectivity index (χ3v) is 2.76. The van der Waals surface area contributed by atoms with Crippen LogP contribution in [0.1, 0.15) is 30.9 Å². The fourth-order valence-electron chi connectivity index (χ4n) is 1.65. The molecule has 1 amide bonds. The molecule has 3 N–H and O–H groups in total. The smallest absolute Gasteiger partial charge is 0.221 e. The van der Waals surface area contributed by atoms with Crippen LogP contribution in [-0.4, -0.2) is 19.1 Å². The van der Waals surface area contributed by atoms with Gasteiger partial charge in [-0.25, -0.2) is 0 Å². The first-order chi connectivity index (χ1) is 8.65. The SMILES string of the molecule is CCC(N)CC(=O)NCc1cccc(COC)c1. The summed E-state index contributed by atoms with van der Waals surface area (Å²) in [5.41, 5.74) is 7.91. The van der Waals surface area contributed by atoms with Gasteiger partial charge in [-0.1, -0.05) is 31.2 Å². The van der Waals surface area contributed by atoms with E-state index in [1.165, 1.54) is 0 Å². The number of ether oxygens (including phenoxy) is 1. The van der Waals surface area contributed by atoms with Crippen LogP contribution in [0, 0.1) is 0 Å². The van der Waals surface area contributed by atoms with Crippen molar-refractivity contribution in [1.82, 2.24) is 5.32 Å². The van der Waals surface area contributed by atoms with Gasteiger partial charge in [-0.2, -0.15) is 0 Å². The summed E-state index contributed by atoms with van der Waals surface area (Å²) in [6, 6.07) is 7.93. The van der Waals surface area contributed by atoms with E-state index in [4.69, 9.17) is 10.5 Å². The van der Waals surface area contributed by atoms with Gasteiger partial charge in [0, 0.05) is 26.1 Å². The van der Waals surface area contributed by atoms with E-state index in [2.05, 4.69) is 5.32 Å². The van der Waals surface area contributed by atoms with Crippen LogP contribution < -0.4 is 11.1 Å². The zero-order chi connectivity index (χ0) is 13.4. The highest BCUT2D eigenvalue weighted by Gasteiger charge is 2.07. The number of nitrogens with one attached hydrogen (secondary N) is 1. The molecule has 18 heavy (non-hydrogen) atoms. The molecule has 0 aliphatic rings. The minimum absolute atomic E-state index is 0.00138. The summed E-state index contributed by atoms with van der Waals surface area (Å²) in [6.07, 6.45) is 1.20. The number of nitrogens with two attached hydrogens (primary N) is 1. The van der Waals surface area contributed by atoms with E-state index in [1.54, 1.807) is 7.11 Å². The average molecular weight is 250 g/mol. The Hall–Kier alpha value is -1.39. The average Bonchev–Trinajstić information content (AvgIpc) is 2.37. The topological polar surface area (TPSA) is 64.4 Å². The van der Waals surface area contributed by atoms with Crippen LogP contribution in [0.3, 0.4) is 0 Å². The van der Waals surface area contributed by atoms with E-state index in [0.29, 0.717) is 19.6 Å². The number of carbonyl (C=O) groups excluding carboxylic acids is 1. The van der Waals surface area contributed by atoms with Gasteiger partial charge in [0.2, 0.25) is 5.91 Å². The van der Waals surface area contributed by atoms with Crippen LogP contribution in [0.2, 0.25) is 0 Å². The lowest BCUT2D eigenvalue weighted by Gasteiger charge is -2.10. The van der Waals surface area contributed by atoms with Crippen molar-refractivity contribution in [3.8, 4) is 0 Å². The fraction of sp³-hybridized carbons (Fsp3) is 0.500. The first kappa shape index (κ1) is 14.7. The van der Waals surface area contributed by atoms with Gasteiger partial charge in [0.1, 0.15) is 0 Å². The lowest BCUT2D eigenvalue weighted by atomic mass is 10.1. The monoisotopic (exact) mass is 250 g/mol. The number of carbonyl (C=O) groups is 1. The normalized spacial score (nSPS) is 12.2. The van der Waals surface area contributed by atoms with Crippen molar-refractivity contribution in [1.29, 1.82) is 0 Å². The summed E-state index contributed by atoms with van der Waals surface area (Å²) in [6.45, 7) is 3.10. The maximum atomic E-state index is 11.6. The van der Waals surface area contributed by atoms with Crippen molar-refractivity contribution in [2.24, 2.45) is 5.73 Å². The van der Waals surface area contributed by atoms with E-state index < -0.39 is 0 Å². The Balaban J connectivity index is 2.43. The molecular formula is C14H22N2O2. The molecule has 1 atom stereocenters. The summed E-state index contributed by atoms with van der Waals surface area (Å²) in [7, 11) is 1.67. The lowest BCUT2D eigenvalue weighted by molar-refractivity contribution is -0.121. The standard InChI is InChI=1S/C14H22N2O2/c1-3-13(15)8-14(17)16-9-11-5-4-6-12(7-11)10-18-2/h4-7,13H,3,8-10,15H2,1-2H3,(H,16,17). The van der Waals surface area contributed by atoms with Crippen molar-refractivity contribution >= 4 is 5.91 Å². The Bertz CT molecular complexity index is 380. The molecule has 0 aromatic heterocycles. The highest BCUT2D eigenvalue weighted by Crippen LogP contribution is 2.06. The third-order valence-electron chi connectivity index (χ3n) is 2.76.